The number of aliphatic hydroxyl groups excluding tert-OH is 1. The zero-order valence-electron chi connectivity index (χ0n) is 10.6. The fourth-order valence-corrected chi connectivity index (χ4v) is 3.53. The molecule has 1 aromatic heterocycles. The van der Waals surface area contributed by atoms with Crippen LogP contribution < -0.4 is 5.32 Å². The van der Waals surface area contributed by atoms with E-state index in [9.17, 15) is 5.11 Å². The molecule has 0 aromatic carbocycles. The van der Waals surface area contributed by atoms with Crippen molar-refractivity contribution in [3.63, 3.8) is 0 Å². The highest BCUT2D eigenvalue weighted by atomic mass is 32.1. The third-order valence-electron chi connectivity index (χ3n) is 3.71. The van der Waals surface area contributed by atoms with Gasteiger partial charge in [0.1, 0.15) is 0 Å². The minimum atomic E-state index is -0.168. The summed E-state index contributed by atoms with van der Waals surface area (Å²) in [6.07, 6.45) is 6.18. The van der Waals surface area contributed by atoms with E-state index in [1.165, 1.54) is 36.1 Å². The molecule has 1 aliphatic rings. The van der Waals surface area contributed by atoms with Crippen molar-refractivity contribution in [2.75, 3.05) is 6.54 Å². The maximum Gasteiger partial charge on any atom is 0.0667 e. The smallest absolute Gasteiger partial charge is 0.0667 e. The molecule has 1 aromatic rings. The van der Waals surface area contributed by atoms with Crippen LogP contribution in [0, 0.1) is 12.8 Å². The van der Waals surface area contributed by atoms with E-state index in [1.54, 1.807) is 11.3 Å². The summed E-state index contributed by atoms with van der Waals surface area (Å²) in [4.78, 5) is 1.39. The van der Waals surface area contributed by atoms with Crippen molar-refractivity contribution in [1.29, 1.82) is 0 Å². The van der Waals surface area contributed by atoms with Gasteiger partial charge in [0, 0.05) is 18.0 Å². The minimum Gasteiger partial charge on any atom is -0.392 e. The average Bonchev–Trinajstić information content (AvgIpc) is 2.91. The van der Waals surface area contributed by atoms with E-state index in [0.717, 1.165) is 25.4 Å². The molecule has 0 bridgehead atoms. The fraction of sp³-hybridized carbons (Fsp3) is 0.714. The first kappa shape index (κ1) is 13.1. The maximum atomic E-state index is 9.95. The van der Waals surface area contributed by atoms with Crippen LogP contribution in [-0.2, 0) is 6.54 Å². The first-order valence-electron chi connectivity index (χ1n) is 6.67. The van der Waals surface area contributed by atoms with Crippen molar-refractivity contribution in [2.45, 2.75) is 51.7 Å². The summed E-state index contributed by atoms with van der Waals surface area (Å²) >= 11 is 1.79. The van der Waals surface area contributed by atoms with E-state index >= 15 is 0 Å². The minimum absolute atomic E-state index is 0.168. The topological polar surface area (TPSA) is 32.3 Å². The van der Waals surface area contributed by atoms with Crippen molar-refractivity contribution < 1.29 is 5.11 Å². The lowest BCUT2D eigenvalue weighted by Gasteiger charge is -2.15. The first-order valence-corrected chi connectivity index (χ1v) is 7.55. The van der Waals surface area contributed by atoms with Crippen molar-refractivity contribution >= 4 is 11.3 Å². The highest BCUT2D eigenvalue weighted by Gasteiger charge is 2.18. The number of thiophene rings is 1. The summed E-state index contributed by atoms with van der Waals surface area (Å²) in [5.41, 5.74) is 1.35. The Kier molecular flexibility index (Phi) is 5.01. The second kappa shape index (κ2) is 6.53. The molecule has 0 spiro atoms. The first-order chi connectivity index (χ1) is 8.25. The molecular formula is C14H23NOS. The molecule has 1 saturated carbocycles. The zero-order valence-corrected chi connectivity index (χ0v) is 11.4. The van der Waals surface area contributed by atoms with E-state index in [2.05, 4.69) is 23.7 Å². The third-order valence-corrected chi connectivity index (χ3v) is 4.74. The largest absolute Gasteiger partial charge is 0.392 e. The lowest BCUT2D eigenvalue weighted by Crippen LogP contribution is -2.27. The molecule has 1 unspecified atom stereocenters. The lowest BCUT2D eigenvalue weighted by molar-refractivity contribution is 0.140. The summed E-state index contributed by atoms with van der Waals surface area (Å²) in [5.74, 6) is 0.773. The number of aliphatic hydroxyl groups is 1. The summed E-state index contributed by atoms with van der Waals surface area (Å²) in [6, 6.07) is 2.15. The molecule has 2 rings (SSSR count). The van der Waals surface area contributed by atoms with E-state index in [0.29, 0.717) is 0 Å². The van der Waals surface area contributed by atoms with E-state index < -0.39 is 0 Å². The Morgan fingerprint density at radius 1 is 1.47 bits per heavy atom. The molecule has 2 N–H and O–H groups in total. The Morgan fingerprint density at radius 3 is 2.88 bits per heavy atom. The summed E-state index contributed by atoms with van der Waals surface area (Å²) in [7, 11) is 0. The Hall–Kier alpha value is -0.380. The van der Waals surface area contributed by atoms with Crippen molar-refractivity contribution in [3.05, 3.63) is 21.9 Å². The predicted octanol–water partition coefficient (Wildman–Crippen LogP) is 3.09. The predicted molar refractivity (Wildman–Crippen MR) is 73.3 cm³/mol. The third kappa shape index (κ3) is 4.09. The number of rotatable bonds is 6. The average molecular weight is 253 g/mol. The van der Waals surface area contributed by atoms with Gasteiger partial charge >= 0.3 is 0 Å². The molecule has 1 atom stereocenters. The van der Waals surface area contributed by atoms with E-state index in [4.69, 9.17) is 0 Å². The van der Waals surface area contributed by atoms with Crippen LogP contribution in [0.5, 0.6) is 0 Å². The van der Waals surface area contributed by atoms with Gasteiger partial charge in [-0.25, -0.2) is 0 Å². The second-order valence-electron chi connectivity index (χ2n) is 5.20. The molecule has 17 heavy (non-hydrogen) atoms. The van der Waals surface area contributed by atoms with Crippen LogP contribution in [0.1, 0.15) is 42.5 Å². The summed E-state index contributed by atoms with van der Waals surface area (Å²) in [6.45, 7) is 3.77. The molecule has 0 radical (unpaired) electrons. The number of nitrogens with one attached hydrogen (secondary N) is 1. The van der Waals surface area contributed by atoms with Gasteiger partial charge in [0.05, 0.1) is 6.10 Å². The van der Waals surface area contributed by atoms with Crippen LogP contribution in [-0.4, -0.2) is 17.8 Å². The molecular weight excluding hydrogens is 230 g/mol. The van der Waals surface area contributed by atoms with Crippen LogP contribution in [0.25, 0.3) is 0 Å². The lowest BCUT2D eigenvalue weighted by atomic mass is 10.0. The molecule has 96 valence electrons. The highest BCUT2D eigenvalue weighted by molar-refractivity contribution is 7.10. The Balaban J connectivity index is 1.62. The second-order valence-corrected chi connectivity index (χ2v) is 6.20. The van der Waals surface area contributed by atoms with Gasteiger partial charge in [-0.3, -0.25) is 0 Å². The molecule has 3 heteroatoms. The van der Waals surface area contributed by atoms with Gasteiger partial charge in [-0.2, -0.15) is 0 Å². The maximum absolute atomic E-state index is 9.95. The standard InChI is InChI=1S/C14H23NOS/c1-11-6-7-17-14(11)10-15-9-13(16)8-12-4-2-3-5-12/h6-7,12-13,15-16H,2-5,8-10H2,1H3. The van der Waals surface area contributed by atoms with Crippen LogP contribution in [0.3, 0.4) is 0 Å². The van der Waals surface area contributed by atoms with Crippen LogP contribution in [0.15, 0.2) is 11.4 Å². The quantitative estimate of drug-likeness (QED) is 0.816. The van der Waals surface area contributed by atoms with Gasteiger partial charge in [0.15, 0.2) is 0 Å². The monoisotopic (exact) mass is 253 g/mol. The molecule has 0 saturated heterocycles. The molecule has 0 amide bonds. The highest BCUT2D eigenvalue weighted by Crippen LogP contribution is 2.28. The van der Waals surface area contributed by atoms with Gasteiger partial charge in [0.2, 0.25) is 0 Å². The summed E-state index contributed by atoms with van der Waals surface area (Å²) < 4.78 is 0. The molecule has 1 fully saturated rings. The molecule has 2 nitrogen and oxygen atoms in total. The van der Waals surface area contributed by atoms with Gasteiger partial charge in [0.25, 0.3) is 0 Å². The van der Waals surface area contributed by atoms with Crippen molar-refractivity contribution in [3.8, 4) is 0 Å². The molecule has 1 heterocycles. The zero-order chi connectivity index (χ0) is 12.1. The summed E-state index contributed by atoms with van der Waals surface area (Å²) in [5, 5.41) is 15.4. The van der Waals surface area contributed by atoms with Crippen molar-refractivity contribution in [2.24, 2.45) is 5.92 Å². The van der Waals surface area contributed by atoms with Crippen LogP contribution in [0.4, 0.5) is 0 Å². The van der Waals surface area contributed by atoms with Crippen molar-refractivity contribution in [1.82, 2.24) is 5.32 Å². The number of aryl methyl sites for hydroxylation is 1. The van der Waals surface area contributed by atoms with E-state index in [1.807, 2.05) is 0 Å². The normalized spacial score (nSPS) is 18.7. The fourth-order valence-electron chi connectivity index (χ4n) is 2.65. The number of hydrogen-bond donors (Lipinski definition) is 2. The Morgan fingerprint density at radius 2 is 2.24 bits per heavy atom. The van der Waals surface area contributed by atoms with Crippen LogP contribution >= 0.6 is 11.3 Å². The van der Waals surface area contributed by atoms with E-state index in [-0.39, 0.29) is 6.10 Å². The Bertz CT molecular complexity index is 331. The molecule has 1 aliphatic carbocycles. The molecule has 0 aliphatic heterocycles. The van der Waals surface area contributed by atoms with Gasteiger partial charge in [-0.1, -0.05) is 25.7 Å². The number of hydrogen-bond acceptors (Lipinski definition) is 3. The van der Waals surface area contributed by atoms with Gasteiger partial charge < -0.3 is 10.4 Å². The SMILES string of the molecule is Cc1ccsc1CNCC(O)CC1CCCC1. The van der Waals surface area contributed by atoms with Gasteiger partial charge in [-0.15, -0.1) is 11.3 Å². The van der Waals surface area contributed by atoms with Gasteiger partial charge in [-0.05, 0) is 36.3 Å². The Labute approximate surface area is 108 Å². The van der Waals surface area contributed by atoms with Crippen LogP contribution in [0.2, 0.25) is 0 Å².